The van der Waals surface area contributed by atoms with E-state index < -0.39 is 29.4 Å². The minimum Gasteiger partial charge on any atom is -0.451 e. The molecular formula is C19H16N4O6. The highest BCUT2D eigenvalue weighted by Gasteiger charge is 2.20. The number of nitro groups is 1. The van der Waals surface area contributed by atoms with Crippen molar-refractivity contribution in [1.82, 2.24) is 15.5 Å². The van der Waals surface area contributed by atoms with Crippen molar-refractivity contribution >= 4 is 17.6 Å². The molecule has 1 heterocycles. The summed E-state index contributed by atoms with van der Waals surface area (Å²) in [7, 11) is 0. The number of carbonyl (C=O) groups excluding carboxylic acids is 2. The summed E-state index contributed by atoms with van der Waals surface area (Å²) in [4.78, 5) is 34.2. The fourth-order valence-corrected chi connectivity index (χ4v) is 2.40. The minimum absolute atomic E-state index is 0.0597. The standard InChI is InChI=1S/C19H16N4O6/c1-12(18-21-22-19(29-18)13-6-3-2-4-7-13)28-16(24)11-20-17(25)14-8-5-9-15(10-14)23(26)27/h2-10,12H,11H2,1H3,(H,20,25)/t12-/m0/s1. The first-order chi connectivity index (χ1) is 13.9. The summed E-state index contributed by atoms with van der Waals surface area (Å²) in [6.45, 7) is 1.13. The predicted molar refractivity (Wildman–Crippen MR) is 99.7 cm³/mol. The number of ether oxygens (including phenoxy) is 1. The number of aromatic nitrogens is 2. The van der Waals surface area contributed by atoms with Crippen molar-refractivity contribution in [1.29, 1.82) is 0 Å². The second kappa shape index (κ2) is 8.74. The number of hydrogen-bond donors (Lipinski definition) is 1. The zero-order valence-corrected chi connectivity index (χ0v) is 15.3. The predicted octanol–water partition coefficient (Wildman–Crippen LogP) is 2.68. The Hall–Kier alpha value is -4.08. The van der Waals surface area contributed by atoms with E-state index in [0.717, 1.165) is 11.6 Å². The van der Waals surface area contributed by atoms with Crippen LogP contribution in [0.2, 0.25) is 0 Å². The number of benzene rings is 2. The van der Waals surface area contributed by atoms with E-state index in [9.17, 15) is 19.7 Å². The molecule has 10 heteroatoms. The van der Waals surface area contributed by atoms with Crippen LogP contribution in [0.5, 0.6) is 0 Å². The molecule has 0 radical (unpaired) electrons. The number of nitro benzene ring substituents is 1. The lowest BCUT2D eigenvalue weighted by molar-refractivity contribution is -0.384. The summed E-state index contributed by atoms with van der Waals surface area (Å²) < 4.78 is 10.7. The van der Waals surface area contributed by atoms with E-state index in [1.807, 2.05) is 18.2 Å². The van der Waals surface area contributed by atoms with Gasteiger partial charge in [-0.1, -0.05) is 24.3 Å². The third kappa shape index (κ3) is 5.01. The number of esters is 1. The molecule has 2 aromatic carbocycles. The lowest BCUT2D eigenvalue weighted by Crippen LogP contribution is -2.31. The van der Waals surface area contributed by atoms with Crippen LogP contribution in [0.1, 0.15) is 29.3 Å². The van der Waals surface area contributed by atoms with Gasteiger partial charge >= 0.3 is 5.97 Å². The van der Waals surface area contributed by atoms with Gasteiger partial charge in [0.05, 0.1) is 4.92 Å². The highest BCUT2D eigenvalue weighted by atomic mass is 16.6. The van der Waals surface area contributed by atoms with Crippen LogP contribution >= 0.6 is 0 Å². The number of hydrogen-bond acceptors (Lipinski definition) is 8. The molecule has 1 amide bonds. The van der Waals surface area contributed by atoms with Crippen LogP contribution in [0.15, 0.2) is 59.0 Å². The van der Waals surface area contributed by atoms with Crippen molar-refractivity contribution in [3.05, 3.63) is 76.2 Å². The molecule has 10 nitrogen and oxygen atoms in total. The third-order valence-electron chi connectivity index (χ3n) is 3.83. The molecule has 1 aromatic heterocycles. The van der Waals surface area contributed by atoms with Crippen molar-refractivity contribution in [3.63, 3.8) is 0 Å². The molecule has 148 valence electrons. The van der Waals surface area contributed by atoms with Crippen molar-refractivity contribution in [2.24, 2.45) is 0 Å². The lowest BCUT2D eigenvalue weighted by atomic mass is 10.2. The largest absolute Gasteiger partial charge is 0.451 e. The van der Waals surface area contributed by atoms with Crippen LogP contribution in [0, 0.1) is 10.1 Å². The smallest absolute Gasteiger partial charge is 0.326 e. The van der Waals surface area contributed by atoms with Crippen LogP contribution in [0.25, 0.3) is 11.5 Å². The number of carbonyl (C=O) groups is 2. The first-order valence-corrected chi connectivity index (χ1v) is 8.55. The maximum absolute atomic E-state index is 12.1. The van der Waals surface area contributed by atoms with Gasteiger partial charge in [0.2, 0.25) is 5.89 Å². The average molecular weight is 396 g/mol. The van der Waals surface area contributed by atoms with Crippen molar-refractivity contribution in [3.8, 4) is 11.5 Å². The lowest BCUT2D eigenvalue weighted by Gasteiger charge is -2.10. The second-order valence-corrected chi connectivity index (χ2v) is 5.93. The summed E-state index contributed by atoms with van der Waals surface area (Å²) in [5.74, 6) is -0.956. The van der Waals surface area contributed by atoms with Crippen molar-refractivity contribution in [2.45, 2.75) is 13.0 Å². The molecule has 1 atom stereocenters. The third-order valence-corrected chi connectivity index (χ3v) is 3.83. The van der Waals surface area contributed by atoms with Crippen LogP contribution in [0.4, 0.5) is 5.69 Å². The van der Waals surface area contributed by atoms with Gasteiger partial charge in [-0.2, -0.15) is 0 Å². The molecular weight excluding hydrogens is 380 g/mol. The molecule has 0 saturated heterocycles. The maximum Gasteiger partial charge on any atom is 0.326 e. The Bertz CT molecular complexity index is 1030. The number of non-ortho nitro benzene ring substituents is 1. The Kier molecular flexibility index (Phi) is 5.93. The Morgan fingerprint density at radius 2 is 1.93 bits per heavy atom. The van der Waals surface area contributed by atoms with Gasteiger partial charge in [0, 0.05) is 23.3 Å². The van der Waals surface area contributed by atoms with E-state index in [1.165, 1.54) is 18.2 Å². The monoisotopic (exact) mass is 396 g/mol. The van der Waals surface area contributed by atoms with E-state index in [1.54, 1.807) is 19.1 Å². The van der Waals surface area contributed by atoms with Gasteiger partial charge < -0.3 is 14.5 Å². The Morgan fingerprint density at radius 3 is 2.66 bits per heavy atom. The van der Waals surface area contributed by atoms with Crippen LogP contribution in [-0.2, 0) is 9.53 Å². The van der Waals surface area contributed by atoms with Crippen LogP contribution in [-0.4, -0.2) is 33.5 Å². The quantitative estimate of drug-likeness (QED) is 0.365. The van der Waals surface area contributed by atoms with Crippen molar-refractivity contribution in [2.75, 3.05) is 6.54 Å². The highest BCUT2D eigenvalue weighted by Crippen LogP contribution is 2.22. The summed E-state index contributed by atoms with van der Waals surface area (Å²) in [6, 6.07) is 14.3. The van der Waals surface area contributed by atoms with E-state index in [0.29, 0.717) is 5.89 Å². The van der Waals surface area contributed by atoms with E-state index in [2.05, 4.69) is 15.5 Å². The molecule has 3 aromatic rings. The Labute approximate surface area is 164 Å². The molecule has 1 N–H and O–H groups in total. The van der Waals surface area contributed by atoms with E-state index in [4.69, 9.17) is 9.15 Å². The minimum atomic E-state index is -0.817. The van der Waals surface area contributed by atoms with Gasteiger partial charge in [0.1, 0.15) is 6.54 Å². The fourth-order valence-electron chi connectivity index (χ4n) is 2.40. The number of nitrogens with zero attached hydrogens (tertiary/aromatic N) is 3. The second-order valence-electron chi connectivity index (χ2n) is 5.93. The molecule has 0 saturated carbocycles. The normalized spacial score (nSPS) is 11.5. The SMILES string of the molecule is C[C@H](OC(=O)CNC(=O)c1cccc([N+](=O)[O-])c1)c1nnc(-c2ccccc2)o1. The molecule has 3 rings (SSSR count). The van der Waals surface area contributed by atoms with Gasteiger partial charge in [0.25, 0.3) is 17.5 Å². The van der Waals surface area contributed by atoms with E-state index in [-0.39, 0.29) is 17.1 Å². The van der Waals surface area contributed by atoms with Crippen LogP contribution < -0.4 is 5.32 Å². The van der Waals surface area contributed by atoms with E-state index >= 15 is 0 Å². The molecule has 0 aliphatic carbocycles. The van der Waals surface area contributed by atoms with Crippen LogP contribution in [0.3, 0.4) is 0 Å². The van der Waals surface area contributed by atoms with Gasteiger partial charge in [0.15, 0.2) is 6.10 Å². The topological polar surface area (TPSA) is 137 Å². The highest BCUT2D eigenvalue weighted by molar-refractivity contribution is 5.96. The zero-order chi connectivity index (χ0) is 20.8. The van der Waals surface area contributed by atoms with Gasteiger partial charge in [-0.3, -0.25) is 19.7 Å². The summed E-state index contributed by atoms with van der Waals surface area (Å²) in [5.41, 5.74) is 0.568. The van der Waals surface area contributed by atoms with Gasteiger partial charge in [-0.15, -0.1) is 10.2 Å². The average Bonchev–Trinajstić information content (AvgIpc) is 3.23. The Balaban J connectivity index is 1.54. The molecule has 29 heavy (non-hydrogen) atoms. The molecule has 0 fully saturated rings. The number of amides is 1. The fraction of sp³-hybridized carbons (Fsp3) is 0.158. The summed E-state index contributed by atoms with van der Waals surface area (Å²) in [6.07, 6.45) is -0.817. The Morgan fingerprint density at radius 1 is 1.17 bits per heavy atom. The van der Waals surface area contributed by atoms with Gasteiger partial charge in [-0.05, 0) is 25.1 Å². The number of rotatable bonds is 7. The molecule has 0 unspecified atom stereocenters. The first kappa shape index (κ1) is 19.7. The maximum atomic E-state index is 12.1. The molecule has 0 spiro atoms. The molecule has 0 aliphatic heterocycles. The molecule has 0 aliphatic rings. The first-order valence-electron chi connectivity index (χ1n) is 8.55. The number of nitrogens with one attached hydrogen (secondary N) is 1. The summed E-state index contributed by atoms with van der Waals surface area (Å²) in [5, 5.41) is 20.9. The van der Waals surface area contributed by atoms with Gasteiger partial charge in [-0.25, -0.2) is 0 Å². The summed E-state index contributed by atoms with van der Waals surface area (Å²) >= 11 is 0. The zero-order valence-electron chi connectivity index (χ0n) is 15.3. The molecule has 0 bridgehead atoms. The van der Waals surface area contributed by atoms with Crippen molar-refractivity contribution < 1.29 is 23.7 Å².